The second-order valence-corrected chi connectivity index (χ2v) is 7.91. The molecule has 0 bridgehead atoms. The van der Waals surface area contributed by atoms with Crippen LogP contribution in [0.15, 0.2) is 57.0 Å². The van der Waals surface area contributed by atoms with Gasteiger partial charge in [0.15, 0.2) is 0 Å². The predicted molar refractivity (Wildman–Crippen MR) is 127 cm³/mol. The lowest BCUT2D eigenvalue weighted by atomic mass is 10.2. The summed E-state index contributed by atoms with van der Waals surface area (Å²) in [5, 5.41) is -0.151. The van der Waals surface area contributed by atoms with E-state index in [0.717, 1.165) is 24.3 Å². The molecule has 1 aromatic heterocycles. The average Bonchev–Trinajstić information content (AvgIpc) is 2.81. The quantitative estimate of drug-likeness (QED) is 0.226. The van der Waals surface area contributed by atoms with Gasteiger partial charge in [-0.2, -0.15) is 26.3 Å². The first-order chi connectivity index (χ1) is 17.8. The summed E-state index contributed by atoms with van der Waals surface area (Å²) < 4.78 is 82.3. The zero-order chi connectivity index (χ0) is 30.3. The highest BCUT2D eigenvalue weighted by atomic mass is 35.5. The lowest BCUT2D eigenvalue weighted by molar-refractivity contribution is -0.142. The van der Waals surface area contributed by atoms with Crippen LogP contribution < -0.4 is 17.0 Å². The molecular weight excluding hydrogens is 564 g/mol. The number of carbonyl (C=O) groups is 2. The van der Waals surface area contributed by atoms with Crippen LogP contribution in [0, 0.1) is 0 Å². The monoisotopic (exact) mass is 585 g/mol. The van der Waals surface area contributed by atoms with Crippen LogP contribution in [-0.4, -0.2) is 34.3 Å². The van der Waals surface area contributed by atoms with Crippen molar-refractivity contribution in [1.29, 1.82) is 0 Å². The van der Waals surface area contributed by atoms with Gasteiger partial charge in [-0.25, -0.2) is 19.0 Å². The van der Waals surface area contributed by atoms with E-state index in [0.29, 0.717) is 10.1 Å². The molecule has 0 amide bonds. The first-order valence-corrected chi connectivity index (χ1v) is 11.0. The summed E-state index contributed by atoms with van der Waals surface area (Å²) >= 11 is 5.99. The van der Waals surface area contributed by atoms with E-state index < -0.39 is 46.9 Å². The van der Waals surface area contributed by atoms with Crippen LogP contribution in [0.1, 0.15) is 43.7 Å². The number of nitrogens with two attached hydrogens (primary N) is 1. The normalized spacial score (nSPS) is 11.7. The molecule has 3 N–H and O–H groups in total. The van der Waals surface area contributed by atoms with Gasteiger partial charge in [0.25, 0.3) is 5.56 Å². The van der Waals surface area contributed by atoms with Gasteiger partial charge in [-0.15, -0.1) is 0 Å². The van der Waals surface area contributed by atoms with Crippen molar-refractivity contribution in [2.24, 2.45) is 5.73 Å². The van der Waals surface area contributed by atoms with Crippen LogP contribution in [-0.2, 0) is 20.4 Å². The first-order valence-electron chi connectivity index (χ1n) is 10.6. The Hall–Kier alpha value is -4.01. The smallest absolute Gasteiger partial charge is 0.431 e. The van der Waals surface area contributed by atoms with E-state index in [-0.39, 0.29) is 34.7 Å². The molecule has 39 heavy (non-hydrogen) atoms. The van der Waals surface area contributed by atoms with Crippen LogP contribution in [0.5, 0.6) is 0 Å². The molecule has 0 saturated carbocycles. The molecule has 2 aromatic rings. The number of carbonyl (C=O) groups excluding carboxylic acids is 2. The van der Waals surface area contributed by atoms with E-state index >= 15 is 0 Å². The highest BCUT2D eigenvalue weighted by Crippen LogP contribution is 2.26. The number of nitrogens with zero attached hydrogens (tertiary/aromatic N) is 1. The van der Waals surface area contributed by atoms with Gasteiger partial charge in [-0.3, -0.25) is 4.79 Å². The standard InChI is InChI=1S/C19H16ClF3N2O6.C4H6F3N/c1-4-30-17(28)15(9(2)3)31-16(27)11-7-10(5-6-12(11)20)25-14(26)8-13(19(21,22)23)24-18(25)29;1-2-3(8)4(5,6)7/h5-8H,4H2,1-3H3,(H,24,29);2H,8H2,1H3/b;3-2-. The first kappa shape index (κ1) is 33.0. The molecule has 1 aromatic carbocycles. The maximum absolute atomic E-state index is 12.8. The Bertz CT molecular complexity index is 1370. The number of allylic oxidation sites excluding steroid dienone is 3. The molecule has 0 unspecified atom stereocenters. The summed E-state index contributed by atoms with van der Waals surface area (Å²) in [6.07, 6.45) is -8.46. The summed E-state index contributed by atoms with van der Waals surface area (Å²) in [5.41, 5.74) is -0.992. The van der Waals surface area contributed by atoms with Crippen LogP contribution in [0.25, 0.3) is 5.69 Å². The van der Waals surface area contributed by atoms with Crippen molar-refractivity contribution < 1.29 is 45.4 Å². The van der Waals surface area contributed by atoms with E-state index in [2.05, 4.69) is 5.73 Å². The van der Waals surface area contributed by atoms with E-state index in [1.165, 1.54) is 20.8 Å². The van der Waals surface area contributed by atoms with Crippen LogP contribution in [0.4, 0.5) is 26.3 Å². The Balaban J connectivity index is 0.000000824. The fraction of sp³-hybridized carbons (Fsp3) is 0.304. The van der Waals surface area contributed by atoms with Gasteiger partial charge in [0.1, 0.15) is 11.4 Å². The van der Waals surface area contributed by atoms with Gasteiger partial charge in [-0.05, 0) is 51.5 Å². The molecule has 0 aliphatic rings. The topological polar surface area (TPSA) is 133 Å². The summed E-state index contributed by atoms with van der Waals surface area (Å²) in [6.45, 7) is 5.82. The minimum atomic E-state index is -4.93. The Labute approximate surface area is 221 Å². The van der Waals surface area contributed by atoms with E-state index in [1.54, 1.807) is 11.9 Å². The molecule has 9 nitrogen and oxygen atoms in total. The fourth-order valence-electron chi connectivity index (χ4n) is 2.56. The highest BCUT2D eigenvalue weighted by molar-refractivity contribution is 6.33. The molecule has 1 heterocycles. The Morgan fingerprint density at radius 1 is 1.10 bits per heavy atom. The molecule has 0 atom stereocenters. The summed E-state index contributed by atoms with van der Waals surface area (Å²) in [5.74, 6) is -2.37. The summed E-state index contributed by atoms with van der Waals surface area (Å²) in [6, 6.07) is 3.47. The van der Waals surface area contributed by atoms with Crippen molar-refractivity contribution in [2.75, 3.05) is 6.61 Å². The van der Waals surface area contributed by atoms with Gasteiger partial charge < -0.3 is 20.2 Å². The van der Waals surface area contributed by atoms with Crippen LogP contribution >= 0.6 is 11.6 Å². The molecule has 2 rings (SSSR count). The fourth-order valence-corrected chi connectivity index (χ4v) is 2.75. The third-order valence-electron chi connectivity index (χ3n) is 4.41. The lowest BCUT2D eigenvalue weighted by Gasteiger charge is -2.12. The Morgan fingerprint density at radius 3 is 2.10 bits per heavy atom. The van der Waals surface area contributed by atoms with Gasteiger partial charge in [0.05, 0.1) is 22.9 Å². The SMILES string of the molecule is C/C=C(\N)C(F)(F)F.CCOC(=O)C(OC(=O)c1cc(-n2c(=O)cc(C(F)(F)F)[nH]c2=O)ccc1Cl)=C(C)C. The van der Waals surface area contributed by atoms with Crippen molar-refractivity contribution in [3.05, 3.63) is 84.5 Å². The second-order valence-electron chi connectivity index (χ2n) is 7.50. The molecule has 0 fully saturated rings. The number of H-pyrrole nitrogens is 1. The minimum Gasteiger partial charge on any atom is -0.460 e. The third kappa shape index (κ3) is 9.05. The second kappa shape index (κ2) is 13.2. The third-order valence-corrected chi connectivity index (χ3v) is 4.74. The van der Waals surface area contributed by atoms with Crippen molar-refractivity contribution in [3.63, 3.8) is 0 Å². The number of hydrogen-bond donors (Lipinski definition) is 2. The molecule has 16 heteroatoms. The molecule has 214 valence electrons. The Morgan fingerprint density at radius 2 is 1.69 bits per heavy atom. The average molecular weight is 586 g/mol. The lowest BCUT2D eigenvalue weighted by Crippen LogP contribution is -2.35. The van der Waals surface area contributed by atoms with Crippen LogP contribution in [0.3, 0.4) is 0 Å². The number of aromatic amines is 1. The van der Waals surface area contributed by atoms with Gasteiger partial charge in [0, 0.05) is 6.07 Å². The number of alkyl halides is 6. The van der Waals surface area contributed by atoms with E-state index in [9.17, 15) is 45.5 Å². The van der Waals surface area contributed by atoms with Crippen molar-refractivity contribution >= 4 is 23.5 Å². The van der Waals surface area contributed by atoms with Gasteiger partial charge >= 0.3 is 30.0 Å². The highest BCUT2D eigenvalue weighted by Gasteiger charge is 2.33. The number of ether oxygens (including phenoxy) is 2. The molecule has 0 saturated heterocycles. The molecule has 0 aliphatic heterocycles. The van der Waals surface area contributed by atoms with Crippen molar-refractivity contribution in [1.82, 2.24) is 9.55 Å². The summed E-state index contributed by atoms with van der Waals surface area (Å²) in [7, 11) is 0. The molecule has 0 spiro atoms. The number of aromatic nitrogens is 2. The minimum absolute atomic E-state index is 0.0308. The molecule has 0 radical (unpaired) electrons. The predicted octanol–water partition coefficient (Wildman–Crippen LogP) is 4.62. The van der Waals surface area contributed by atoms with Gasteiger partial charge in [0.2, 0.25) is 5.76 Å². The van der Waals surface area contributed by atoms with E-state index in [4.69, 9.17) is 21.1 Å². The number of nitrogens with one attached hydrogen (secondary N) is 1. The number of rotatable bonds is 5. The largest absolute Gasteiger partial charge is 0.460 e. The zero-order valence-electron chi connectivity index (χ0n) is 20.7. The van der Waals surface area contributed by atoms with Crippen molar-refractivity contribution in [2.45, 2.75) is 40.0 Å². The van der Waals surface area contributed by atoms with E-state index in [1.807, 2.05) is 0 Å². The maximum atomic E-state index is 12.8. The van der Waals surface area contributed by atoms with Gasteiger partial charge in [-0.1, -0.05) is 17.7 Å². The summed E-state index contributed by atoms with van der Waals surface area (Å²) in [4.78, 5) is 50.3. The molecular formula is C23H22ClF6N3O6. The number of hydrogen-bond acceptors (Lipinski definition) is 7. The van der Waals surface area contributed by atoms with Crippen LogP contribution in [0.2, 0.25) is 5.02 Å². The maximum Gasteiger partial charge on any atom is 0.431 e. The number of benzene rings is 1. The zero-order valence-corrected chi connectivity index (χ0v) is 21.5. The molecule has 0 aliphatic carbocycles. The van der Waals surface area contributed by atoms with Crippen molar-refractivity contribution in [3.8, 4) is 5.69 Å². The Kier molecular flexibility index (Phi) is 11.2. The number of esters is 2. The number of halogens is 7.